The zero-order chi connectivity index (χ0) is 19.3. The summed E-state index contributed by atoms with van der Waals surface area (Å²) in [5.74, 6) is 0.788. The van der Waals surface area contributed by atoms with Crippen LogP contribution >= 0.6 is 0 Å². The molecule has 2 aromatic carbocycles. The first kappa shape index (κ1) is 18.9. The molecule has 0 fully saturated rings. The number of benzene rings is 2. The van der Waals surface area contributed by atoms with Crippen molar-refractivity contribution in [3.63, 3.8) is 0 Å². The fraction of sp³-hybridized carbons (Fsp3) is 0.190. The van der Waals surface area contributed by atoms with Crippen LogP contribution in [0, 0.1) is 6.92 Å². The SMILES string of the molecule is COc1ccc(/C=C2\C=CCC\C2=N/NS(=O)(=O)c2ccc(C)cc2)cc1. The lowest BCUT2D eigenvalue weighted by Crippen LogP contribution is -2.21. The Morgan fingerprint density at radius 2 is 1.78 bits per heavy atom. The molecule has 0 saturated carbocycles. The largest absolute Gasteiger partial charge is 0.497 e. The quantitative estimate of drug-likeness (QED) is 0.793. The van der Waals surface area contributed by atoms with E-state index in [0.29, 0.717) is 12.1 Å². The van der Waals surface area contributed by atoms with E-state index in [2.05, 4.69) is 16.0 Å². The van der Waals surface area contributed by atoms with Crippen molar-refractivity contribution in [3.8, 4) is 5.75 Å². The van der Waals surface area contributed by atoms with Crippen molar-refractivity contribution in [2.45, 2.75) is 24.7 Å². The Hall–Kier alpha value is -2.86. The smallest absolute Gasteiger partial charge is 0.276 e. The Bertz CT molecular complexity index is 987. The number of aryl methyl sites for hydroxylation is 1. The summed E-state index contributed by atoms with van der Waals surface area (Å²) in [7, 11) is -2.06. The van der Waals surface area contributed by atoms with Gasteiger partial charge < -0.3 is 4.74 Å². The molecule has 0 radical (unpaired) electrons. The van der Waals surface area contributed by atoms with Gasteiger partial charge in [-0.15, -0.1) is 0 Å². The minimum atomic E-state index is -3.69. The van der Waals surface area contributed by atoms with Crippen LogP contribution < -0.4 is 9.57 Å². The van der Waals surface area contributed by atoms with Gasteiger partial charge in [0.1, 0.15) is 5.75 Å². The number of hydrogen-bond acceptors (Lipinski definition) is 4. The lowest BCUT2D eigenvalue weighted by molar-refractivity contribution is 0.415. The van der Waals surface area contributed by atoms with Gasteiger partial charge in [0, 0.05) is 0 Å². The van der Waals surface area contributed by atoms with Gasteiger partial charge in [-0.25, -0.2) is 0 Å². The van der Waals surface area contributed by atoms with Gasteiger partial charge in [-0.3, -0.25) is 0 Å². The summed E-state index contributed by atoms with van der Waals surface area (Å²) in [5.41, 5.74) is 3.59. The first-order valence-corrected chi connectivity index (χ1v) is 10.1. The minimum Gasteiger partial charge on any atom is -0.497 e. The van der Waals surface area contributed by atoms with Gasteiger partial charge in [0.25, 0.3) is 10.0 Å². The zero-order valence-corrected chi connectivity index (χ0v) is 16.2. The molecular formula is C21H22N2O3S. The van der Waals surface area contributed by atoms with Gasteiger partial charge >= 0.3 is 0 Å². The highest BCUT2D eigenvalue weighted by Crippen LogP contribution is 2.20. The van der Waals surface area contributed by atoms with Crippen LogP contribution in [0.1, 0.15) is 24.0 Å². The van der Waals surface area contributed by atoms with Crippen molar-refractivity contribution in [3.05, 3.63) is 77.4 Å². The average Bonchev–Trinajstić information content (AvgIpc) is 2.68. The second-order valence-corrected chi connectivity index (χ2v) is 7.94. The summed E-state index contributed by atoms with van der Waals surface area (Å²) in [4.78, 5) is 2.56. The van der Waals surface area contributed by atoms with E-state index in [1.54, 1.807) is 31.4 Å². The van der Waals surface area contributed by atoms with Crippen LogP contribution in [0.15, 0.2) is 76.3 Å². The molecule has 0 atom stereocenters. The maximum absolute atomic E-state index is 12.5. The summed E-state index contributed by atoms with van der Waals surface area (Å²) in [6.45, 7) is 1.91. The molecule has 0 amide bonds. The number of hydrazone groups is 1. The summed E-state index contributed by atoms with van der Waals surface area (Å²) < 4.78 is 30.1. The monoisotopic (exact) mass is 382 g/mol. The van der Waals surface area contributed by atoms with E-state index in [1.165, 1.54) is 0 Å². The molecule has 0 bridgehead atoms. The number of methoxy groups -OCH3 is 1. The molecule has 1 aliphatic carbocycles. The lowest BCUT2D eigenvalue weighted by Gasteiger charge is -2.13. The number of hydrogen-bond donors (Lipinski definition) is 1. The molecule has 2 aromatic rings. The van der Waals surface area contributed by atoms with Crippen LogP contribution in [-0.2, 0) is 10.0 Å². The van der Waals surface area contributed by atoms with Gasteiger partial charge in [0.05, 0.1) is 17.7 Å². The normalized spacial score (nSPS) is 17.3. The van der Waals surface area contributed by atoms with Gasteiger partial charge in [-0.05, 0) is 61.2 Å². The molecule has 0 heterocycles. The second-order valence-electron chi connectivity index (χ2n) is 6.28. The van der Waals surface area contributed by atoms with Crippen molar-refractivity contribution in [2.24, 2.45) is 5.10 Å². The van der Waals surface area contributed by atoms with Gasteiger partial charge in [0.2, 0.25) is 0 Å². The molecule has 0 aliphatic heterocycles. The number of nitrogens with zero attached hydrogens (tertiary/aromatic N) is 1. The number of nitrogens with one attached hydrogen (secondary N) is 1. The topological polar surface area (TPSA) is 67.8 Å². The molecule has 5 nitrogen and oxygen atoms in total. The summed E-state index contributed by atoms with van der Waals surface area (Å²) in [6.07, 6.45) is 7.50. The fourth-order valence-electron chi connectivity index (χ4n) is 2.69. The van der Waals surface area contributed by atoms with E-state index in [4.69, 9.17) is 4.74 Å². The molecule has 1 N–H and O–H groups in total. The minimum absolute atomic E-state index is 0.199. The van der Waals surface area contributed by atoms with Crippen molar-refractivity contribution in [1.29, 1.82) is 0 Å². The Balaban J connectivity index is 1.83. The van der Waals surface area contributed by atoms with E-state index in [9.17, 15) is 8.42 Å². The summed E-state index contributed by atoms with van der Waals surface area (Å²) in [5, 5.41) is 4.20. The predicted octanol–water partition coefficient (Wildman–Crippen LogP) is 4.07. The number of allylic oxidation sites excluding steroid dienone is 3. The Labute approximate surface area is 160 Å². The summed E-state index contributed by atoms with van der Waals surface area (Å²) >= 11 is 0. The maximum atomic E-state index is 12.5. The van der Waals surface area contributed by atoms with E-state index in [0.717, 1.165) is 28.9 Å². The highest BCUT2D eigenvalue weighted by Gasteiger charge is 2.15. The van der Waals surface area contributed by atoms with E-state index in [-0.39, 0.29) is 4.90 Å². The van der Waals surface area contributed by atoms with Crippen molar-refractivity contribution in [1.82, 2.24) is 4.83 Å². The van der Waals surface area contributed by atoms with Crippen molar-refractivity contribution < 1.29 is 13.2 Å². The molecule has 1 aliphatic rings. The van der Waals surface area contributed by atoms with Crippen LogP contribution in [0.4, 0.5) is 0 Å². The third kappa shape index (κ3) is 4.86. The van der Waals surface area contributed by atoms with Crippen LogP contribution in [-0.4, -0.2) is 21.2 Å². The fourth-order valence-corrected chi connectivity index (χ4v) is 3.52. The van der Waals surface area contributed by atoms with Crippen LogP contribution in [0.2, 0.25) is 0 Å². The van der Waals surface area contributed by atoms with Crippen LogP contribution in [0.5, 0.6) is 5.75 Å². The molecule has 0 aromatic heterocycles. The Kier molecular flexibility index (Phi) is 5.76. The van der Waals surface area contributed by atoms with Crippen LogP contribution in [0.3, 0.4) is 0 Å². The predicted molar refractivity (Wildman–Crippen MR) is 108 cm³/mol. The molecule has 6 heteroatoms. The zero-order valence-electron chi connectivity index (χ0n) is 15.3. The van der Waals surface area contributed by atoms with E-state index in [1.807, 2.05) is 43.3 Å². The number of sulfonamides is 1. The van der Waals surface area contributed by atoms with Gasteiger partial charge in [-0.2, -0.15) is 18.4 Å². The second kappa shape index (κ2) is 8.22. The molecule has 140 valence electrons. The first-order valence-electron chi connectivity index (χ1n) is 8.66. The van der Waals surface area contributed by atoms with E-state index < -0.39 is 10.0 Å². The molecule has 0 saturated heterocycles. The van der Waals surface area contributed by atoms with E-state index >= 15 is 0 Å². The molecule has 0 spiro atoms. The number of ether oxygens (including phenoxy) is 1. The summed E-state index contributed by atoms with van der Waals surface area (Å²) in [6, 6.07) is 14.3. The van der Waals surface area contributed by atoms with Gasteiger partial charge in [0.15, 0.2) is 0 Å². The lowest BCUT2D eigenvalue weighted by atomic mass is 9.97. The first-order chi connectivity index (χ1) is 13.0. The number of rotatable bonds is 5. The maximum Gasteiger partial charge on any atom is 0.276 e. The molecule has 0 unspecified atom stereocenters. The Morgan fingerprint density at radius 3 is 2.44 bits per heavy atom. The molecule has 3 rings (SSSR count). The Morgan fingerprint density at radius 1 is 1.07 bits per heavy atom. The van der Waals surface area contributed by atoms with Gasteiger partial charge in [-0.1, -0.05) is 42.0 Å². The highest BCUT2D eigenvalue weighted by atomic mass is 32.2. The molecule has 27 heavy (non-hydrogen) atoms. The van der Waals surface area contributed by atoms with Crippen molar-refractivity contribution >= 4 is 21.8 Å². The third-order valence-corrected chi connectivity index (χ3v) is 5.47. The highest BCUT2D eigenvalue weighted by molar-refractivity contribution is 7.89. The molecular weight excluding hydrogens is 360 g/mol. The van der Waals surface area contributed by atoms with Crippen molar-refractivity contribution in [2.75, 3.05) is 7.11 Å². The third-order valence-electron chi connectivity index (χ3n) is 4.25. The standard InChI is InChI=1S/C21H22N2O3S/c1-16-7-13-20(14-8-16)27(24,25)23-22-21-6-4-3-5-18(21)15-17-9-11-19(26-2)12-10-17/h3,5,7-15,23H,4,6H2,1-2H3/b18-15+,22-21+. The average molecular weight is 382 g/mol. The van der Waals surface area contributed by atoms with Crippen LogP contribution in [0.25, 0.3) is 6.08 Å².